The van der Waals surface area contributed by atoms with Crippen molar-refractivity contribution in [2.45, 2.75) is 52.6 Å². The minimum absolute atomic E-state index is 0.101. The summed E-state index contributed by atoms with van der Waals surface area (Å²) in [5.74, 6) is 0.651. The van der Waals surface area contributed by atoms with E-state index in [1.165, 1.54) is 12.5 Å². The molecule has 0 spiro atoms. The van der Waals surface area contributed by atoms with Crippen LogP contribution >= 0.6 is 0 Å². The van der Waals surface area contributed by atoms with Gasteiger partial charge in [0.15, 0.2) is 5.78 Å². The van der Waals surface area contributed by atoms with E-state index in [0.717, 1.165) is 12.8 Å². The Balaban J connectivity index is 2.00. The summed E-state index contributed by atoms with van der Waals surface area (Å²) in [7, 11) is 0. The molecule has 0 amide bonds. The molecule has 1 aliphatic heterocycles. The fourth-order valence-corrected chi connectivity index (χ4v) is 5.20. The summed E-state index contributed by atoms with van der Waals surface area (Å²) in [4.78, 5) is 24.4. The molecular weight excluding hydrogens is 352 g/mol. The molecule has 1 N–H and O–H groups in total. The molecular formula is C24H32O4. The highest BCUT2D eigenvalue weighted by Crippen LogP contribution is 2.50. The quantitative estimate of drug-likeness (QED) is 0.365. The number of hydrogen-bond acceptors (Lipinski definition) is 4. The maximum atomic E-state index is 12.4. The molecule has 0 aromatic carbocycles. The maximum Gasteiger partial charge on any atom is 0.314 e. The summed E-state index contributed by atoms with van der Waals surface area (Å²) in [6.45, 7) is 6.18. The molecule has 1 fully saturated rings. The normalized spacial score (nSPS) is 43.5. The highest BCUT2D eigenvalue weighted by atomic mass is 16.5. The van der Waals surface area contributed by atoms with Crippen molar-refractivity contribution in [3.05, 3.63) is 48.3 Å². The van der Waals surface area contributed by atoms with E-state index in [-0.39, 0.29) is 29.9 Å². The first-order valence-electron chi connectivity index (χ1n) is 10.5. The first-order chi connectivity index (χ1) is 13.4. The lowest BCUT2D eigenvalue weighted by Gasteiger charge is -2.46. The van der Waals surface area contributed by atoms with Crippen LogP contribution < -0.4 is 0 Å². The number of aliphatic hydroxyl groups excluding tert-OH is 1. The van der Waals surface area contributed by atoms with Gasteiger partial charge in [-0.05, 0) is 49.0 Å². The maximum absolute atomic E-state index is 12.4. The molecule has 1 heterocycles. The van der Waals surface area contributed by atoms with E-state index in [2.05, 4.69) is 32.1 Å². The molecule has 4 nitrogen and oxygen atoms in total. The zero-order chi connectivity index (χ0) is 20.3. The van der Waals surface area contributed by atoms with Crippen molar-refractivity contribution in [1.29, 1.82) is 0 Å². The average Bonchev–Trinajstić information content (AvgIpc) is 2.63. The van der Waals surface area contributed by atoms with Gasteiger partial charge in [-0.2, -0.15) is 0 Å². The van der Waals surface area contributed by atoms with E-state index < -0.39 is 17.9 Å². The van der Waals surface area contributed by atoms with Crippen molar-refractivity contribution >= 4 is 11.8 Å². The average molecular weight is 385 g/mol. The third-order valence-electron chi connectivity index (χ3n) is 6.56. The van der Waals surface area contributed by atoms with E-state index in [1.807, 2.05) is 12.2 Å². The molecule has 0 unspecified atom stereocenters. The lowest BCUT2D eigenvalue weighted by atomic mass is 9.58. The Hall–Kier alpha value is -2.10. The summed E-state index contributed by atoms with van der Waals surface area (Å²) >= 11 is 0. The van der Waals surface area contributed by atoms with Crippen LogP contribution in [0.15, 0.2) is 48.3 Å². The van der Waals surface area contributed by atoms with Crippen LogP contribution in [0.4, 0.5) is 0 Å². The summed E-state index contributed by atoms with van der Waals surface area (Å²) in [5.41, 5.74) is 0. The molecule has 1 saturated carbocycles. The summed E-state index contributed by atoms with van der Waals surface area (Å²) in [6, 6.07) is 0. The molecule has 0 aromatic heterocycles. The number of aliphatic hydroxyl groups is 1. The molecule has 4 heteroatoms. The van der Waals surface area contributed by atoms with Crippen LogP contribution in [-0.2, 0) is 14.3 Å². The van der Waals surface area contributed by atoms with Crippen molar-refractivity contribution in [3.8, 4) is 0 Å². The van der Waals surface area contributed by atoms with Crippen LogP contribution in [0, 0.1) is 35.5 Å². The number of allylic oxidation sites excluding steroid dienone is 7. The van der Waals surface area contributed by atoms with Gasteiger partial charge < -0.3 is 9.84 Å². The number of carbonyl (C=O) groups excluding carboxylic acids is 2. The van der Waals surface area contributed by atoms with Gasteiger partial charge in [0.2, 0.25) is 0 Å². The van der Waals surface area contributed by atoms with E-state index >= 15 is 0 Å². The monoisotopic (exact) mass is 384 g/mol. The molecule has 0 saturated heterocycles. The first kappa shape index (κ1) is 20.6. The Kier molecular flexibility index (Phi) is 6.58. The third kappa shape index (κ3) is 4.65. The molecule has 28 heavy (non-hydrogen) atoms. The van der Waals surface area contributed by atoms with Gasteiger partial charge in [-0.15, -0.1) is 0 Å². The van der Waals surface area contributed by atoms with Gasteiger partial charge in [-0.25, -0.2) is 0 Å². The standard InChI is InChI=1S/C24H32O4/c1-15-7-4-5-9-17(3)28-22(27)14-19(25)13-21(26)24-20(15)12-11-18-10-6-8-16(2)23(18)24/h4-5,7,9,11-13,15-18,20,23-24,26H,6,8,10,14H2,1-3H3/b7-4-,9-5-,21-13+/t15-,16-,17+,18+,20+,23-,24+/m1/s1. The minimum atomic E-state index is -0.565. The molecule has 3 rings (SSSR count). The van der Waals surface area contributed by atoms with Gasteiger partial charge in [0.05, 0.1) is 5.76 Å². The van der Waals surface area contributed by atoms with Gasteiger partial charge in [-0.1, -0.05) is 57.1 Å². The van der Waals surface area contributed by atoms with Gasteiger partial charge in [-0.3, -0.25) is 9.59 Å². The van der Waals surface area contributed by atoms with Gasteiger partial charge >= 0.3 is 5.97 Å². The van der Waals surface area contributed by atoms with Crippen LogP contribution in [0.3, 0.4) is 0 Å². The van der Waals surface area contributed by atoms with Crippen LogP contribution in [0.5, 0.6) is 0 Å². The summed E-state index contributed by atoms with van der Waals surface area (Å²) in [5, 5.41) is 11.0. The zero-order valence-corrected chi connectivity index (χ0v) is 17.1. The Bertz CT molecular complexity index is 714. The first-order valence-corrected chi connectivity index (χ1v) is 10.5. The predicted octanol–water partition coefficient (Wildman–Crippen LogP) is 4.94. The van der Waals surface area contributed by atoms with Gasteiger partial charge in [0, 0.05) is 12.0 Å². The van der Waals surface area contributed by atoms with Crippen molar-refractivity contribution in [2.24, 2.45) is 35.5 Å². The van der Waals surface area contributed by atoms with Crippen LogP contribution in [0.25, 0.3) is 0 Å². The highest BCUT2D eigenvalue weighted by Gasteiger charge is 2.44. The zero-order valence-electron chi connectivity index (χ0n) is 17.1. The van der Waals surface area contributed by atoms with Gasteiger partial charge in [0.25, 0.3) is 0 Å². The predicted molar refractivity (Wildman–Crippen MR) is 109 cm³/mol. The number of rotatable bonds is 0. The van der Waals surface area contributed by atoms with Crippen LogP contribution in [0.1, 0.15) is 46.5 Å². The highest BCUT2D eigenvalue weighted by molar-refractivity contribution is 6.02. The fourth-order valence-electron chi connectivity index (χ4n) is 5.20. The van der Waals surface area contributed by atoms with Crippen molar-refractivity contribution < 1.29 is 19.4 Å². The minimum Gasteiger partial charge on any atom is -0.512 e. The molecule has 0 aromatic rings. The largest absolute Gasteiger partial charge is 0.512 e. The number of cyclic esters (lactones) is 1. The van der Waals surface area contributed by atoms with E-state index in [0.29, 0.717) is 17.8 Å². The lowest BCUT2D eigenvalue weighted by molar-refractivity contribution is -0.147. The van der Waals surface area contributed by atoms with Gasteiger partial charge in [0.1, 0.15) is 12.5 Å². The van der Waals surface area contributed by atoms with E-state index in [4.69, 9.17) is 4.74 Å². The van der Waals surface area contributed by atoms with Crippen molar-refractivity contribution in [1.82, 2.24) is 0 Å². The Morgan fingerprint density at radius 1 is 1.00 bits per heavy atom. The smallest absolute Gasteiger partial charge is 0.314 e. The second kappa shape index (κ2) is 8.93. The molecule has 7 atom stereocenters. The summed E-state index contributed by atoms with van der Waals surface area (Å²) in [6.07, 6.45) is 16.4. The molecule has 152 valence electrons. The number of ether oxygens (including phenoxy) is 1. The fraction of sp³-hybridized carbons (Fsp3) is 0.583. The lowest BCUT2D eigenvalue weighted by Crippen LogP contribution is -2.41. The Morgan fingerprint density at radius 3 is 2.54 bits per heavy atom. The van der Waals surface area contributed by atoms with E-state index in [9.17, 15) is 14.7 Å². The van der Waals surface area contributed by atoms with Crippen LogP contribution in [0.2, 0.25) is 0 Å². The van der Waals surface area contributed by atoms with Crippen molar-refractivity contribution in [2.75, 3.05) is 0 Å². The third-order valence-corrected chi connectivity index (χ3v) is 6.56. The van der Waals surface area contributed by atoms with Crippen molar-refractivity contribution in [3.63, 3.8) is 0 Å². The second-order valence-electron chi connectivity index (χ2n) is 8.67. The molecule has 0 bridgehead atoms. The Morgan fingerprint density at radius 2 is 1.75 bits per heavy atom. The number of hydrogen-bond donors (Lipinski definition) is 1. The van der Waals surface area contributed by atoms with E-state index in [1.54, 1.807) is 13.0 Å². The second-order valence-corrected chi connectivity index (χ2v) is 8.67. The Labute approximate surface area is 168 Å². The number of esters is 1. The number of fused-ring (bicyclic) bond motifs is 3. The molecule has 0 radical (unpaired) electrons. The SMILES string of the molecule is C[C@@H]1/C=C\C=C/[C@H](C)OC(=O)CC(=O)/C=C(/O)[C@@H]2[C@H]1C=C[C@@H]1CCC[C@@H](C)[C@@H]21. The summed E-state index contributed by atoms with van der Waals surface area (Å²) < 4.78 is 5.23. The van der Waals surface area contributed by atoms with Crippen LogP contribution in [-0.4, -0.2) is 23.0 Å². The number of ketones is 1. The topological polar surface area (TPSA) is 63.6 Å². The number of carbonyl (C=O) groups is 2. The molecule has 3 aliphatic rings. The molecule has 2 aliphatic carbocycles.